The van der Waals surface area contributed by atoms with Crippen LogP contribution in [0.25, 0.3) is 11.0 Å². The molecule has 2 heterocycles. The molecule has 0 N–H and O–H groups in total. The third kappa shape index (κ3) is 4.59. The van der Waals surface area contributed by atoms with Gasteiger partial charge in [0, 0.05) is 11.6 Å². The highest BCUT2D eigenvalue weighted by molar-refractivity contribution is 6.31. The quantitative estimate of drug-likeness (QED) is 0.227. The minimum atomic E-state index is -0.631. The number of nitrogens with zero attached hydrogens (tertiary/aromatic N) is 1. The van der Waals surface area contributed by atoms with Crippen LogP contribution in [0.2, 0.25) is 5.02 Å². The van der Waals surface area contributed by atoms with Crippen LogP contribution in [0, 0.1) is 13.8 Å². The molecule has 0 fully saturated rings. The van der Waals surface area contributed by atoms with Crippen molar-refractivity contribution in [2.75, 3.05) is 0 Å². The van der Waals surface area contributed by atoms with Gasteiger partial charge in [-0.3, -0.25) is 9.59 Å². The fraction of sp³-hybridized carbons (Fsp3) is 0.152. The Kier molecular flexibility index (Phi) is 6.45. The third-order valence-electron chi connectivity index (χ3n) is 7.14. The fourth-order valence-electron chi connectivity index (χ4n) is 5.28. The van der Waals surface area contributed by atoms with Gasteiger partial charge in [-0.25, -0.2) is 0 Å². The lowest BCUT2D eigenvalue weighted by atomic mass is 9.97. The van der Waals surface area contributed by atoms with E-state index in [2.05, 4.69) is 0 Å². The number of hydrogen-bond acceptors (Lipinski definition) is 4. The summed E-state index contributed by atoms with van der Waals surface area (Å²) in [6, 6.07) is 28.0. The molecule has 0 radical (unpaired) electrons. The van der Waals surface area contributed by atoms with Crippen molar-refractivity contribution in [1.29, 1.82) is 0 Å². The maximum atomic E-state index is 14.0. The molecule has 1 unspecified atom stereocenters. The van der Waals surface area contributed by atoms with Crippen LogP contribution in [-0.2, 0) is 13.2 Å². The van der Waals surface area contributed by atoms with Gasteiger partial charge in [-0.05, 0) is 65.9 Å². The summed E-state index contributed by atoms with van der Waals surface area (Å²) < 4.78 is 12.2. The van der Waals surface area contributed by atoms with E-state index in [4.69, 9.17) is 20.8 Å². The van der Waals surface area contributed by atoms with Gasteiger partial charge in [-0.2, -0.15) is 0 Å². The molecular weight excluding hydrogens is 510 g/mol. The molecule has 1 atom stereocenters. The largest absolute Gasteiger partial charge is 0.489 e. The third-order valence-corrected chi connectivity index (χ3v) is 7.51. The Morgan fingerprint density at radius 2 is 1.62 bits per heavy atom. The van der Waals surface area contributed by atoms with Crippen molar-refractivity contribution in [3.63, 3.8) is 0 Å². The summed E-state index contributed by atoms with van der Waals surface area (Å²) in [6.45, 7) is 4.50. The van der Waals surface area contributed by atoms with Crippen LogP contribution in [0.1, 0.15) is 50.0 Å². The number of fused-ring (bicyclic) bond motifs is 2. The van der Waals surface area contributed by atoms with Crippen LogP contribution in [0.5, 0.6) is 5.75 Å². The molecular formula is C33H26ClNO4. The van der Waals surface area contributed by atoms with E-state index in [0.717, 1.165) is 27.8 Å². The molecule has 6 heteroatoms. The van der Waals surface area contributed by atoms with Gasteiger partial charge in [0.05, 0.1) is 17.0 Å². The van der Waals surface area contributed by atoms with E-state index in [9.17, 15) is 9.59 Å². The minimum Gasteiger partial charge on any atom is -0.489 e. The van der Waals surface area contributed by atoms with E-state index in [-0.39, 0.29) is 23.6 Å². The van der Waals surface area contributed by atoms with Crippen molar-refractivity contribution in [3.05, 3.63) is 145 Å². The summed E-state index contributed by atoms with van der Waals surface area (Å²) in [5, 5.41) is 1.03. The van der Waals surface area contributed by atoms with Crippen molar-refractivity contribution >= 4 is 28.5 Å². The zero-order valence-corrected chi connectivity index (χ0v) is 22.4. The first-order chi connectivity index (χ1) is 18.9. The lowest BCUT2D eigenvalue weighted by molar-refractivity contribution is 0.0714. The van der Waals surface area contributed by atoms with Crippen molar-refractivity contribution < 1.29 is 13.9 Å². The molecule has 194 valence electrons. The number of amides is 1. The average molecular weight is 536 g/mol. The smallest absolute Gasteiger partial charge is 0.291 e. The van der Waals surface area contributed by atoms with Gasteiger partial charge in [0.1, 0.15) is 17.9 Å². The second kappa shape index (κ2) is 10.1. The van der Waals surface area contributed by atoms with Crippen LogP contribution in [0.3, 0.4) is 0 Å². The number of carbonyl (C=O) groups excluding carboxylic acids is 1. The SMILES string of the molecule is Cc1cc(C)c2oc3c(c(=O)c2c1)C(c1ccc(OCc2ccccc2)cc1)N(Cc1ccccc1Cl)C3=O. The Balaban J connectivity index is 1.44. The standard InChI is InChI=1S/C33H26ClNO4/c1-20-16-21(2)31-26(17-20)30(36)28-29(23-12-14-25(15-13-23)38-19-22-8-4-3-5-9-22)35(33(37)32(28)39-31)18-24-10-6-7-11-27(24)34/h3-17,29H,18-19H2,1-2H3. The average Bonchev–Trinajstić information content (AvgIpc) is 3.22. The van der Waals surface area contributed by atoms with Crippen molar-refractivity contribution in [2.24, 2.45) is 0 Å². The van der Waals surface area contributed by atoms with Gasteiger partial charge in [0.2, 0.25) is 5.76 Å². The van der Waals surface area contributed by atoms with Gasteiger partial charge < -0.3 is 14.1 Å². The number of carbonyl (C=O) groups is 1. The number of halogens is 1. The molecule has 0 spiro atoms. The molecule has 1 aromatic heterocycles. The number of hydrogen-bond donors (Lipinski definition) is 0. The predicted octanol–water partition coefficient (Wildman–Crippen LogP) is 7.39. The van der Waals surface area contributed by atoms with Gasteiger partial charge in [0.15, 0.2) is 5.43 Å². The predicted molar refractivity (Wildman–Crippen MR) is 152 cm³/mol. The van der Waals surface area contributed by atoms with E-state index in [1.54, 1.807) is 11.0 Å². The normalized spacial score (nSPS) is 14.6. The monoisotopic (exact) mass is 535 g/mol. The summed E-state index contributed by atoms with van der Waals surface area (Å²) in [7, 11) is 0. The van der Waals surface area contributed by atoms with Gasteiger partial charge >= 0.3 is 0 Å². The summed E-state index contributed by atoms with van der Waals surface area (Å²) in [6.07, 6.45) is 0. The van der Waals surface area contributed by atoms with Crippen LogP contribution in [0.4, 0.5) is 0 Å². The Morgan fingerprint density at radius 1 is 0.897 bits per heavy atom. The second-order valence-corrected chi connectivity index (χ2v) is 10.3. The zero-order chi connectivity index (χ0) is 27.1. The fourth-order valence-corrected chi connectivity index (χ4v) is 5.48. The Hall–Kier alpha value is -4.35. The molecule has 1 amide bonds. The van der Waals surface area contributed by atoms with Gasteiger partial charge in [0.25, 0.3) is 5.91 Å². The van der Waals surface area contributed by atoms with E-state index < -0.39 is 6.04 Å². The lowest BCUT2D eigenvalue weighted by Crippen LogP contribution is -2.29. The molecule has 5 nitrogen and oxygen atoms in total. The summed E-state index contributed by atoms with van der Waals surface area (Å²) in [5.41, 5.74) is 5.03. The van der Waals surface area contributed by atoms with E-state index >= 15 is 0 Å². The first kappa shape index (κ1) is 25.0. The van der Waals surface area contributed by atoms with Crippen molar-refractivity contribution in [1.82, 2.24) is 4.90 Å². The Bertz CT molecular complexity index is 1760. The second-order valence-electron chi connectivity index (χ2n) is 9.90. The minimum absolute atomic E-state index is 0.0842. The van der Waals surface area contributed by atoms with Crippen LogP contribution >= 0.6 is 11.6 Å². The molecule has 39 heavy (non-hydrogen) atoms. The van der Waals surface area contributed by atoms with E-state index in [1.165, 1.54) is 0 Å². The molecule has 6 rings (SSSR count). The van der Waals surface area contributed by atoms with Crippen LogP contribution < -0.4 is 10.2 Å². The molecule has 0 saturated carbocycles. The number of aryl methyl sites for hydroxylation is 2. The summed E-state index contributed by atoms with van der Waals surface area (Å²) in [4.78, 5) is 29.4. The Labute approximate surface area is 231 Å². The molecule has 1 aliphatic heterocycles. The Morgan fingerprint density at radius 3 is 2.36 bits per heavy atom. The van der Waals surface area contributed by atoms with Crippen molar-refractivity contribution in [2.45, 2.75) is 33.0 Å². The number of rotatable bonds is 6. The number of benzene rings is 4. The summed E-state index contributed by atoms with van der Waals surface area (Å²) in [5.74, 6) is 0.445. The highest BCUT2D eigenvalue weighted by Crippen LogP contribution is 2.40. The molecule has 5 aromatic rings. The molecule has 1 aliphatic rings. The lowest BCUT2D eigenvalue weighted by Gasteiger charge is -2.25. The first-order valence-corrected chi connectivity index (χ1v) is 13.2. The highest BCUT2D eigenvalue weighted by atomic mass is 35.5. The molecule has 0 saturated heterocycles. The zero-order valence-electron chi connectivity index (χ0n) is 21.6. The van der Waals surface area contributed by atoms with Crippen LogP contribution in [-0.4, -0.2) is 10.8 Å². The molecule has 0 bridgehead atoms. The highest BCUT2D eigenvalue weighted by Gasteiger charge is 2.43. The summed E-state index contributed by atoms with van der Waals surface area (Å²) >= 11 is 6.48. The maximum Gasteiger partial charge on any atom is 0.291 e. The van der Waals surface area contributed by atoms with E-state index in [1.807, 2.05) is 98.8 Å². The van der Waals surface area contributed by atoms with E-state index in [0.29, 0.717) is 33.9 Å². The van der Waals surface area contributed by atoms with Gasteiger partial charge in [-0.1, -0.05) is 78.3 Å². The topological polar surface area (TPSA) is 59.8 Å². The first-order valence-electron chi connectivity index (χ1n) is 12.8. The van der Waals surface area contributed by atoms with Gasteiger partial charge in [-0.15, -0.1) is 0 Å². The number of ether oxygens (including phenoxy) is 1. The van der Waals surface area contributed by atoms with Crippen molar-refractivity contribution in [3.8, 4) is 5.75 Å². The van der Waals surface area contributed by atoms with Crippen LogP contribution in [0.15, 0.2) is 100 Å². The molecule has 0 aliphatic carbocycles. The maximum absolute atomic E-state index is 14.0. The molecule has 4 aromatic carbocycles.